The minimum atomic E-state index is 0.225. The lowest BCUT2D eigenvalue weighted by molar-refractivity contribution is 0.651. The molecule has 0 unspecified atom stereocenters. The van der Waals surface area contributed by atoms with E-state index in [1.807, 2.05) is 6.07 Å². The van der Waals surface area contributed by atoms with Crippen molar-refractivity contribution in [2.24, 2.45) is 0 Å². The van der Waals surface area contributed by atoms with Crippen LogP contribution in [0.1, 0.15) is 62.9 Å². The summed E-state index contributed by atoms with van der Waals surface area (Å²) < 4.78 is 0. The van der Waals surface area contributed by atoms with Crippen LogP contribution >= 0.6 is 0 Å². The SMILES string of the molecule is CC1(c2nc(N)cc(C3CCCC3)n2)CC1. The lowest BCUT2D eigenvalue weighted by atomic mass is 10.0. The number of nitrogens with zero attached hydrogens (tertiary/aromatic N) is 2. The van der Waals surface area contributed by atoms with Crippen LogP contribution in [0.5, 0.6) is 0 Å². The van der Waals surface area contributed by atoms with Gasteiger partial charge in [0.15, 0.2) is 0 Å². The first kappa shape index (κ1) is 10.1. The first-order valence-electron chi connectivity index (χ1n) is 6.32. The van der Waals surface area contributed by atoms with Crippen LogP contribution in [0, 0.1) is 0 Å². The quantitative estimate of drug-likeness (QED) is 0.828. The van der Waals surface area contributed by atoms with Gasteiger partial charge in [0.25, 0.3) is 0 Å². The number of hydrogen-bond donors (Lipinski definition) is 1. The van der Waals surface area contributed by atoms with E-state index < -0.39 is 0 Å². The molecule has 1 heterocycles. The number of aromatic nitrogens is 2. The van der Waals surface area contributed by atoms with E-state index in [9.17, 15) is 0 Å². The van der Waals surface area contributed by atoms with Crippen LogP contribution in [0.15, 0.2) is 6.07 Å². The fraction of sp³-hybridized carbons (Fsp3) is 0.692. The number of hydrogen-bond acceptors (Lipinski definition) is 3. The predicted molar refractivity (Wildman–Crippen MR) is 64.2 cm³/mol. The molecule has 2 aliphatic carbocycles. The Kier molecular flexibility index (Phi) is 2.16. The van der Waals surface area contributed by atoms with Crippen molar-refractivity contribution in [1.29, 1.82) is 0 Å². The largest absolute Gasteiger partial charge is 0.384 e. The molecule has 3 nitrogen and oxygen atoms in total. The van der Waals surface area contributed by atoms with Gasteiger partial charge in [0, 0.05) is 23.1 Å². The van der Waals surface area contributed by atoms with Crippen LogP contribution in [-0.4, -0.2) is 9.97 Å². The Bertz CT molecular complexity index is 404. The lowest BCUT2D eigenvalue weighted by Crippen LogP contribution is -2.12. The van der Waals surface area contributed by atoms with Gasteiger partial charge in [-0.3, -0.25) is 0 Å². The first-order chi connectivity index (χ1) is 7.67. The second-order valence-electron chi connectivity index (χ2n) is 5.58. The number of nitrogens with two attached hydrogens (primary N) is 1. The van der Waals surface area contributed by atoms with E-state index in [1.54, 1.807) is 0 Å². The highest BCUT2D eigenvalue weighted by Crippen LogP contribution is 2.46. The molecule has 2 aliphatic rings. The van der Waals surface area contributed by atoms with Gasteiger partial charge in [-0.1, -0.05) is 19.8 Å². The zero-order chi connectivity index (χ0) is 11.2. The molecule has 16 heavy (non-hydrogen) atoms. The zero-order valence-corrected chi connectivity index (χ0v) is 9.87. The van der Waals surface area contributed by atoms with E-state index in [1.165, 1.54) is 44.2 Å². The first-order valence-corrected chi connectivity index (χ1v) is 6.32. The molecule has 86 valence electrons. The second-order valence-corrected chi connectivity index (χ2v) is 5.58. The standard InChI is InChI=1S/C13H19N3/c1-13(6-7-13)12-15-10(8-11(14)16-12)9-4-2-3-5-9/h8-9H,2-7H2,1H3,(H2,14,15,16). The molecular weight excluding hydrogens is 198 g/mol. The summed E-state index contributed by atoms with van der Waals surface area (Å²) in [6.45, 7) is 2.24. The average Bonchev–Trinajstić information content (AvgIpc) is 2.83. The van der Waals surface area contributed by atoms with Crippen molar-refractivity contribution in [2.75, 3.05) is 5.73 Å². The summed E-state index contributed by atoms with van der Waals surface area (Å²) in [5, 5.41) is 0. The summed E-state index contributed by atoms with van der Waals surface area (Å²) in [4.78, 5) is 9.16. The number of rotatable bonds is 2. The summed E-state index contributed by atoms with van der Waals surface area (Å²) in [7, 11) is 0. The number of anilines is 1. The minimum Gasteiger partial charge on any atom is -0.384 e. The Labute approximate surface area is 96.5 Å². The van der Waals surface area contributed by atoms with Crippen LogP contribution in [0.3, 0.4) is 0 Å². The van der Waals surface area contributed by atoms with Gasteiger partial charge in [-0.15, -0.1) is 0 Å². The van der Waals surface area contributed by atoms with Crippen molar-refractivity contribution in [3.8, 4) is 0 Å². The summed E-state index contributed by atoms with van der Waals surface area (Å²) in [5.74, 6) is 2.26. The highest BCUT2D eigenvalue weighted by atomic mass is 15.0. The highest BCUT2D eigenvalue weighted by molar-refractivity contribution is 5.34. The summed E-state index contributed by atoms with van der Waals surface area (Å²) >= 11 is 0. The molecule has 0 saturated heterocycles. The Morgan fingerprint density at radius 1 is 1.25 bits per heavy atom. The van der Waals surface area contributed by atoms with Gasteiger partial charge in [0.05, 0.1) is 0 Å². The van der Waals surface area contributed by atoms with Gasteiger partial charge < -0.3 is 5.73 Å². The van der Waals surface area contributed by atoms with Crippen molar-refractivity contribution in [3.63, 3.8) is 0 Å². The third-order valence-corrected chi connectivity index (χ3v) is 4.08. The van der Waals surface area contributed by atoms with Crippen LogP contribution in [0.4, 0.5) is 5.82 Å². The average molecular weight is 217 g/mol. The van der Waals surface area contributed by atoms with Crippen molar-refractivity contribution < 1.29 is 0 Å². The molecule has 2 saturated carbocycles. The molecule has 0 amide bonds. The van der Waals surface area contributed by atoms with Crippen molar-refractivity contribution in [2.45, 2.75) is 56.8 Å². The maximum Gasteiger partial charge on any atom is 0.136 e. The Morgan fingerprint density at radius 3 is 2.56 bits per heavy atom. The number of nitrogen functional groups attached to an aromatic ring is 1. The normalized spacial score (nSPS) is 23.6. The third kappa shape index (κ3) is 1.68. The maximum atomic E-state index is 5.90. The minimum absolute atomic E-state index is 0.225. The van der Waals surface area contributed by atoms with Gasteiger partial charge in [-0.05, 0) is 25.7 Å². The van der Waals surface area contributed by atoms with Crippen LogP contribution in [0.2, 0.25) is 0 Å². The highest BCUT2D eigenvalue weighted by Gasteiger charge is 2.42. The molecule has 0 spiro atoms. The van der Waals surface area contributed by atoms with Crippen LogP contribution in [-0.2, 0) is 5.41 Å². The van der Waals surface area contributed by atoms with E-state index in [4.69, 9.17) is 10.7 Å². The van der Waals surface area contributed by atoms with Crippen LogP contribution < -0.4 is 5.73 Å². The Morgan fingerprint density at radius 2 is 1.94 bits per heavy atom. The Balaban J connectivity index is 1.95. The summed E-state index contributed by atoms with van der Waals surface area (Å²) in [5.41, 5.74) is 7.31. The van der Waals surface area contributed by atoms with Gasteiger partial charge in [-0.25, -0.2) is 9.97 Å². The summed E-state index contributed by atoms with van der Waals surface area (Å²) in [6, 6.07) is 1.98. The molecule has 3 rings (SSSR count). The fourth-order valence-electron chi connectivity index (χ4n) is 2.60. The monoisotopic (exact) mass is 217 g/mol. The van der Waals surface area contributed by atoms with Crippen molar-refractivity contribution in [3.05, 3.63) is 17.6 Å². The van der Waals surface area contributed by atoms with Gasteiger partial charge in [-0.2, -0.15) is 0 Å². The fourth-order valence-corrected chi connectivity index (χ4v) is 2.60. The van der Waals surface area contributed by atoms with Gasteiger partial charge >= 0.3 is 0 Å². The molecule has 0 bridgehead atoms. The molecule has 0 aromatic carbocycles. The van der Waals surface area contributed by atoms with Crippen LogP contribution in [0.25, 0.3) is 0 Å². The molecular formula is C13H19N3. The van der Waals surface area contributed by atoms with E-state index in [0.717, 1.165) is 5.82 Å². The molecule has 1 aromatic heterocycles. The second kappa shape index (κ2) is 3.44. The van der Waals surface area contributed by atoms with Gasteiger partial charge in [0.2, 0.25) is 0 Å². The molecule has 0 aliphatic heterocycles. The molecule has 3 heteroatoms. The smallest absolute Gasteiger partial charge is 0.136 e. The molecule has 2 fully saturated rings. The predicted octanol–water partition coefficient (Wildman–Crippen LogP) is 2.77. The summed E-state index contributed by atoms with van der Waals surface area (Å²) in [6.07, 6.45) is 7.63. The van der Waals surface area contributed by atoms with E-state index >= 15 is 0 Å². The molecule has 1 aromatic rings. The van der Waals surface area contributed by atoms with E-state index in [0.29, 0.717) is 11.7 Å². The topological polar surface area (TPSA) is 51.8 Å². The lowest BCUT2D eigenvalue weighted by Gasteiger charge is -2.13. The zero-order valence-electron chi connectivity index (χ0n) is 9.87. The third-order valence-electron chi connectivity index (χ3n) is 4.08. The van der Waals surface area contributed by atoms with E-state index in [2.05, 4.69) is 11.9 Å². The molecule has 2 N–H and O–H groups in total. The van der Waals surface area contributed by atoms with E-state index in [-0.39, 0.29) is 5.41 Å². The van der Waals surface area contributed by atoms with Crippen molar-refractivity contribution in [1.82, 2.24) is 9.97 Å². The van der Waals surface area contributed by atoms with Gasteiger partial charge in [0.1, 0.15) is 11.6 Å². The Hall–Kier alpha value is -1.12. The maximum absolute atomic E-state index is 5.90. The van der Waals surface area contributed by atoms with Crippen molar-refractivity contribution >= 4 is 5.82 Å². The molecule has 0 radical (unpaired) electrons. The molecule has 0 atom stereocenters.